The van der Waals surface area contributed by atoms with Gasteiger partial charge in [-0.3, -0.25) is 14.7 Å². The fourth-order valence-corrected chi connectivity index (χ4v) is 5.73. The predicted molar refractivity (Wildman–Crippen MR) is 133 cm³/mol. The highest BCUT2D eigenvalue weighted by Crippen LogP contribution is 2.50. The Hall–Kier alpha value is -3.11. The lowest BCUT2D eigenvalue weighted by Crippen LogP contribution is -2.54. The second-order valence-electron chi connectivity index (χ2n) is 9.52. The van der Waals surface area contributed by atoms with Crippen LogP contribution in [0.1, 0.15) is 55.0 Å². The molecule has 6 nitrogen and oxygen atoms in total. The molecule has 0 spiro atoms. The van der Waals surface area contributed by atoms with Crippen molar-refractivity contribution in [2.24, 2.45) is 10.7 Å². The first-order valence-electron chi connectivity index (χ1n) is 11.0. The first-order valence-corrected chi connectivity index (χ1v) is 12.0. The second kappa shape index (κ2) is 8.35. The minimum atomic E-state index is -0.815. The molecule has 2 aromatic rings. The maximum Gasteiger partial charge on any atom is 0.239 e. The number of hydrogen-bond donors (Lipinski definition) is 1. The minimum absolute atomic E-state index is 0.0873. The fourth-order valence-electron chi connectivity index (χ4n) is 4.39. The molecule has 170 valence electrons. The summed E-state index contributed by atoms with van der Waals surface area (Å²) in [6.45, 7) is 7.79. The van der Waals surface area contributed by atoms with Crippen LogP contribution in [0.25, 0.3) is 0 Å². The van der Waals surface area contributed by atoms with Crippen molar-refractivity contribution in [1.82, 2.24) is 9.88 Å². The van der Waals surface area contributed by atoms with Crippen LogP contribution in [0.5, 0.6) is 0 Å². The molecule has 2 unspecified atom stereocenters. The van der Waals surface area contributed by atoms with Gasteiger partial charge in [0, 0.05) is 35.5 Å². The molecular weight excluding hydrogens is 430 g/mol. The lowest BCUT2D eigenvalue weighted by molar-refractivity contribution is -0.129. The van der Waals surface area contributed by atoms with Crippen LogP contribution in [0.2, 0.25) is 0 Å². The maximum atomic E-state index is 13.5. The zero-order chi connectivity index (χ0) is 24.0. The number of pyridine rings is 1. The van der Waals surface area contributed by atoms with Gasteiger partial charge in [0.05, 0.1) is 17.4 Å². The van der Waals surface area contributed by atoms with E-state index in [1.165, 1.54) is 4.90 Å². The SMILES string of the molecule is Cc1ccc(C2C=C([C@@]3(C)N=C(N)N(C)C(=O)C3c3ccc(C(C)(C)C#N)cc3)SC2)nc1. The van der Waals surface area contributed by atoms with Crippen molar-refractivity contribution in [3.8, 4) is 6.07 Å². The molecule has 1 aromatic carbocycles. The van der Waals surface area contributed by atoms with Crippen LogP contribution in [0, 0.1) is 18.3 Å². The Morgan fingerprint density at radius 3 is 2.55 bits per heavy atom. The van der Waals surface area contributed by atoms with E-state index in [-0.39, 0.29) is 17.8 Å². The van der Waals surface area contributed by atoms with Crippen LogP contribution in [0.3, 0.4) is 0 Å². The molecule has 0 saturated heterocycles. The number of aliphatic imine (C=N–C) groups is 1. The Balaban J connectivity index is 1.76. The third kappa shape index (κ3) is 4.04. The summed E-state index contributed by atoms with van der Waals surface area (Å²) in [5.41, 5.74) is 8.68. The summed E-state index contributed by atoms with van der Waals surface area (Å²) >= 11 is 1.71. The average Bonchev–Trinajstić information content (AvgIpc) is 3.30. The number of rotatable bonds is 4. The Morgan fingerprint density at radius 1 is 1.24 bits per heavy atom. The van der Waals surface area contributed by atoms with E-state index < -0.39 is 16.9 Å². The summed E-state index contributed by atoms with van der Waals surface area (Å²) in [4.78, 5) is 25.4. The quantitative estimate of drug-likeness (QED) is 0.738. The summed E-state index contributed by atoms with van der Waals surface area (Å²) < 4.78 is 0. The van der Waals surface area contributed by atoms with Crippen molar-refractivity contribution >= 4 is 23.6 Å². The number of nitrogens with zero attached hydrogens (tertiary/aromatic N) is 4. The molecule has 0 bridgehead atoms. The summed E-state index contributed by atoms with van der Waals surface area (Å²) in [6.07, 6.45) is 4.08. The molecule has 0 saturated carbocycles. The Labute approximate surface area is 199 Å². The molecule has 33 heavy (non-hydrogen) atoms. The van der Waals surface area contributed by atoms with Gasteiger partial charge in [-0.05, 0) is 50.5 Å². The Morgan fingerprint density at radius 2 is 1.94 bits per heavy atom. The van der Waals surface area contributed by atoms with Crippen LogP contribution in [-0.2, 0) is 10.2 Å². The first kappa shape index (κ1) is 23.1. The van der Waals surface area contributed by atoms with Crippen LogP contribution < -0.4 is 5.73 Å². The van der Waals surface area contributed by atoms with Gasteiger partial charge in [-0.25, -0.2) is 4.99 Å². The number of aryl methyl sites for hydroxylation is 1. The van der Waals surface area contributed by atoms with Gasteiger partial charge in [-0.2, -0.15) is 5.26 Å². The van der Waals surface area contributed by atoms with E-state index in [1.54, 1.807) is 18.8 Å². The zero-order valence-electron chi connectivity index (χ0n) is 19.7. The summed E-state index contributed by atoms with van der Waals surface area (Å²) in [5, 5.41) is 9.47. The predicted octanol–water partition coefficient (Wildman–Crippen LogP) is 4.23. The van der Waals surface area contributed by atoms with Crippen molar-refractivity contribution in [3.05, 3.63) is 76.0 Å². The van der Waals surface area contributed by atoms with Crippen molar-refractivity contribution < 1.29 is 4.79 Å². The summed E-state index contributed by atoms with van der Waals surface area (Å²) in [6, 6.07) is 14.2. The van der Waals surface area contributed by atoms with Gasteiger partial charge in [0.2, 0.25) is 5.91 Å². The molecule has 2 aliphatic rings. The van der Waals surface area contributed by atoms with E-state index in [0.29, 0.717) is 0 Å². The van der Waals surface area contributed by atoms with E-state index in [9.17, 15) is 10.1 Å². The molecule has 3 heterocycles. The fraction of sp³-hybridized carbons (Fsp3) is 0.385. The number of carbonyl (C=O) groups excluding carboxylic acids is 1. The van der Waals surface area contributed by atoms with Gasteiger partial charge in [0.25, 0.3) is 0 Å². The number of hydrogen-bond acceptors (Lipinski definition) is 6. The van der Waals surface area contributed by atoms with Gasteiger partial charge in [-0.1, -0.05) is 36.4 Å². The lowest BCUT2D eigenvalue weighted by Gasteiger charge is -2.41. The number of amides is 1. The number of guanidine groups is 1. The van der Waals surface area contributed by atoms with Crippen molar-refractivity contribution in [2.75, 3.05) is 12.8 Å². The maximum absolute atomic E-state index is 13.5. The van der Waals surface area contributed by atoms with Crippen LogP contribution in [-0.4, -0.2) is 40.1 Å². The van der Waals surface area contributed by atoms with E-state index in [2.05, 4.69) is 29.3 Å². The summed E-state index contributed by atoms with van der Waals surface area (Å²) in [5.74, 6) is 0.628. The molecule has 1 amide bonds. The van der Waals surface area contributed by atoms with E-state index in [4.69, 9.17) is 10.7 Å². The molecule has 0 aliphatic carbocycles. The number of allylic oxidation sites excluding steroid dienone is 1. The van der Waals surface area contributed by atoms with Gasteiger partial charge >= 0.3 is 0 Å². The van der Waals surface area contributed by atoms with Gasteiger partial charge in [-0.15, -0.1) is 11.8 Å². The van der Waals surface area contributed by atoms with Crippen LogP contribution in [0.15, 0.2) is 58.6 Å². The number of nitrogens with two attached hydrogens (primary N) is 1. The monoisotopic (exact) mass is 459 g/mol. The molecule has 4 rings (SSSR count). The third-order valence-electron chi connectivity index (χ3n) is 6.66. The van der Waals surface area contributed by atoms with Crippen LogP contribution >= 0.6 is 11.8 Å². The van der Waals surface area contributed by atoms with Crippen molar-refractivity contribution in [2.45, 2.75) is 50.5 Å². The molecule has 2 aliphatic heterocycles. The van der Waals surface area contributed by atoms with Crippen molar-refractivity contribution in [3.63, 3.8) is 0 Å². The Kier molecular flexibility index (Phi) is 5.83. The molecule has 2 N–H and O–H groups in total. The normalized spacial score (nSPS) is 25.5. The molecule has 7 heteroatoms. The highest BCUT2D eigenvalue weighted by atomic mass is 32.2. The number of aromatic nitrogens is 1. The standard InChI is InChI=1S/C26H29N5OS/c1-16-6-11-20(29-13-16)18-12-21(33-14-18)26(4)22(23(32)31(5)24(28)30-26)17-7-9-19(10-8-17)25(2,3)15-27/h6-13,18,22H,14H2,1-5H3,(H2,28,30)/t18?,22?,26-/m1/s1. The van der Waals surface area contributed by atoms with E-state index >= 15 is 0 Å². The Bertz CT molecular complexity index is 1180. The lowest BCUT2D eigenvalue weighted by atomic mass is 9.76. The first-order chi connectivity index (χ1) is 15.6. The number of nitriles is 1. The van der Waals surface area contributed by atoms with E-state index in [0.717, 1.165) is 33.0 Å². The number of carbonyl (C=O) groups is 1. The average molecular weight is 460 g/mol. The minimum Gasteiger partial charge on any atom is -0.369 e. The highest BCUT2D eigenvalue weighted by molar-refractivity contribution is 8.03. The smallest absolute Gasteiger partial charge is 0.239 e. The molecule has 3 atom stereocenters. The molecule has 0 fully saturated rings. The molecule has 0 radical (unpaired) electrons. The van der Waals surface area contributed by atoms with Crippen LogP contribution in [0.4, 0.5) is 0 Å². The zero-order valence-corrected chi connectivity index (χ0v) is 20.5. The second-order valence-corrected chi connectivity index (χ2v) is 10.6. The molecular formula is C26H29N5OS. The highest BCUT2D eigenvalue weighted by Gasteiger charge is 2.49. The van der Waals surface area contributed by atoms with Gasteiger partial charge < -0.3 is 5.73 Å². The number of benzene rings is 1. The van der Waals surface area contributed by atoms with Gasteiger partial charge in [0.1, 0.15) is 5.54 Å². The van der Waals surface area contributed by atoms with E-state index in [1.807, 2.05) is 58.2 Å². The largest absolute Gasteiger partial charge is 0.369 e. The number of thioether (sulfide) groups is 1. The topological polar surface area (TPSA) is 95.4 Å². The number of likely N-dealkylation sites (N-methyl/N-ethyl adjacent to an activating group) is 1. The third-order valence-corrected chi connectivity index (χ3v) is 8.05. The summed E-state index contributed by atoms with van der Waals surface area (Å²) in [7, 11) is 1.66. The van der Waals surface area contributed by atoms with Gasteiger partial charge in [0.15, 0.2) is 5.96 Å². The molecule has 1 aromatic heterocycles. The van der Waals surface area contributed by atoms with Crippen molar-refractivity contribution in [1.29, 1.82) is 5.26 Å².